The van der Waals surface area contributed by atoms with E-state index in [0.29, 0.717) is 24.6 Å². The van der Waals surface area contributed by atoms with Gasteiger partial charge in [-0.05, 0) is 35.4 Å². The zero-order chi connectivity index (χ0) is 14.7. The first-order valence-electron chi connectivity index (χ1n) is 6.20. The predicted octanol–water partition coefficient (Wildman–Crippen LogP) is 2.27. The largest absolute Gasteiger partial charge is 0.461 e. The van der Waals surface area contributed by atoms with Crippen molar-refractivity contribution < 1.29 is 9.15 Å². The third-order valence-corrected chi connectivity index (χ3v) is 4.56. The summed E-state index contributed by atoms with van der Waals surface area (Å²) in [6.45, 7) is 0.618. The zero-order valence-electron chi connectivity index (χ0n) is 11.5. The summed E-state index contributed by atoms with van der Waals surface area (Å²) in [6.07, 6.45) is 2.33. The molecular formula is C12H13N5O2S2. The van der Waals surface area contributed by atoms with Crippen molar-refractivity contribution >= 4 is 23.3 Å². The maximum absolute atomic E-state index is 5.34. The Morgan fingerprint density at radius 2 is 2.33 bits per heavy atom. The van der Waals surface area contributed by atoms with Gasteiger partial charge in [0.05, 0.1) is 12.9 Å². The number of rotatable bonds is 6. The van der Waals surface area contributed by atoms with E-state index in [9.17, 15) is 0 Å². The fourth-order valence-corrected chi connectivity index (χ4v) is 3.24. The Hall–Kier alpha value is -1.71. The normalized spacial score (nSPS) is 11.1. The van der Waals surface area contributed by atoms with Crippen molar-refractivity contribution in [2.24, 2.45) is 7.05 Å². The first-order valence-corrected chi connectivity index (χ1v) is 7.79. The molecule has 3 aromatic heterocycles. The van der Waals surface area contributed by atoms with E-state index < -0.39 is 0 Å². The van der Waals surface area contributed by atoms with Crippen LogP contribution in [-0.4, -0.2) is 37.8 Å². The van der Waals surface area contributed by atoms with Gasteiger partial charge in [-0.2, -0.15) is 4.37 Å². The zero-order valence-corrected chi connectivity index (χ0v) is 13.1. The summed E-state index contributed by atoms with van der Waals surface area (Å²) in [5, 5.41) is 9.06. The van der Waals surface area contributed by atoms with Crippen LogP contribution >= 0.6 is 23.3 Å². The Kier molecular flexibility index (Phi) is 4.32. The van der Waals surface area contributed by atoms with Gasteiger partial charge in [0.15, 0.2) is 21.1 Å². The molecule has 0 saturated carbocycles. The minimum absolute atomic E-state index is 0.618. The van der Waals surface area contributed by atoms with Crippen molar-refractivity contribution in [1.82, 2.24) is 24.1 Å². The summed E-state index contributed by atoms with van der Waals surface area (Å²) in [7, 11) is 3.56. The van der Waals surface area contributed by atoms with Crippen LogP contribution in [0.1, 0.15) is 5.82 Å². The highest BCUT2D eigenvalue weighted by Crippen LogP contribution is 2.29. The van der Waals surface area contributed by atoms with E-state index in [1.54, 1.807) is 13.4 Å². The second kappa shape index (κ2) is 6.37. The summed E-state index contributed by atoms with van der Waals surface area (Å²) in [5.74, 6) is 2.17. The molecule has 3 aromatic rings. The average molecular weight is 323 g/mol. The van der Waals surface area contributed by atoms with Crippen LogP contribution in [0, 0.1) is 0 Å². The number of ether oxygens (including phenoxy) is 1. The SMILES string of the molecule is COCCc1nsc(Sc2nnc(-c3ccco3)n2C)n1. The van der Waals surface area contributed by atoms with Gasteiger partial charge in [-0.1, -0.05) is 0 Å². The Balaban J connectivity index is 1.75. The summed E-state index contributed by atoms with van der Waals surface area (Å²) < 4.78 is 17.4. The number of hydrogen-bond acceptors (Lipinski definition) is 8. The molecule has 3 rings (SSSR count). The Morgan fingerprint density at radius 3 is 3.10 bits per heavy atom. The van der Waals surface area contributed by atoms with Gasteiger partial charge in [0.1, 0.15) is 5.82 Å². The molecule has 3 heterocycles. The molecular weight excluding hydrogens is 310 g/mol. The molecule has 0 aliphatic rings. The highest BCUT2D eigenvalue weighted by atomic mass is 32.2. The molecule has 0 unspecified atom stereocenters. The fraction of sp³-hybridized carbons (Fsp3) is 0.333. The third kappa shape index (κ3) is 3.14. The molecule has 0 saturated heterocycles. The van der Waals surface area contributed by atoms with Gasteiger partial charge in [0, 0.05) is 20.6 Å². The molecule has 0 atom stereocenters. The van der Waals surface area contributed by atoms with Crippen LogP contribution in [0.4, 0.5) is 0 Å². The van der Waals surface area contributed by atoms with E-state index in [1.807, 2.05) is 23.7 Å². The lowest BCUT2D eigenvalue weighted by Crippen LogP contribution is -1.96. The van der Waals surface area contributed by atoms with Crippen LogP contribution in [0.5, 0.6) is 0 Å². The smallest absolute Gasteiger partial charge is 0.200 e. The summed E-state index contributed by atoms with van der Waals surface area (Å²) in [4.78, 5) is 4.44. The summed E-state index contributed by atoms with van der Waals surface area (Å²) in [6, 6.07) is 3.68. The van der Waals surface area contributed by atoms with Crippen molar-refractivity contribution in [2.45, 2.75) is 15.9 Å². The van der Waals surface area contributed by atoms with E-state index in [0.717, 1.165) is 15.3 Å². The average Bonchev–Trinajstić information content (AvgIpc) is 3.20. The van der Waals surface area contributed by atoms with Gasteiger partial charge in [-0.3, -0.25) is 0 Å². The Morgan fingerprint density at radius 1 is 1.43 bits per heavy atom. The lowest BCUT2D eigenvalue weighted by Gasteiger charge is -1.99. The van der Waals surface area contributed by atoms with Crippen molar-refractivity contribution in [2.75, 3.05) is 13.7 Å². The molecule has 0 N–H and O–H groups in total. The molecule has 0 aliphatic heterocycles. The molecule has 0 aromatic carbocycles. The molecule has 0 radical (unpaired) electrons. The molecule has 0 bridgehead atoms. The minimum Gasteiger partial charge on any atom is -0.461 e. The maximum Gasteiger partial charge on any atom is 0.200 e. The van der Waals surface area contributed by atoms with Gasteiger partial charge in [0.2, 0.25) is 0 Å². The lowest BCUT2D eigenvalue weighted by molar-refractivity contribution is 0.200. The van der Waals surface area contributed by atoms with Crippen LogP contribution in [0.25, 0.3) is 11.6 Å². The van der Waals surface area contributed by atoms with Crippen molar-refractivity contribution in [1.29, 1.82) is 0 Å². The highest BCUT2D eigenvalue weighted by Gasteiger charge is 2.15. The first kappa shape index (κ1) is 14.2. The molecule has 0 spiro atoms. The quantitative estimate of drug-likeness (QED) is 0.688. The van der Waals surface area contributed by atoms with Crippen LogP contribution < -0.4 is 0 Å². The van der Waals surface area contributed by atoms with E-state index in [4.69, 9.17) is 9.15 Å². The highest BCUT2D eigenvalue weighted by molar-refractivity contribution is 8.00. The minimum atomic E-state index is 0.618. The van der Waals surface area contributed by atoms with Crippen LogP contribution in [0.3, 0.4) is 0 Å². The fourth-order valence-electron chi connectivity index (χ4n) is 1.68. The van der Waals surface area contributed by atoms with E-state index in [-0.39, 0.29) is 0 Å². The lowest BCUT2D eigenvalue weighted by atomic mass is 10.4. The molecule has 0 fully saturated rings. The van der Waals surface area contributed by atoms with E-state index in [1.165, 1.54) is 23.3 Å². The van der Waals surface area contributed by atoms with Crippen molar-refractivity contribution in [3.05, 3.63) is 24.2 Å². The standard InChI is InChI=1S/C12H13N5O2S2/c1-17-10(8-4-3-6-19-8)14-15-11(17)20-12-13-9(16-21-12)5-7-18-2/h3-4,6H,5,7H2,1-2H3. The van der Waals surface area contributed by atoms with E-state index in [2.05, 4.69) is 19.6 Å². The molecule has 0 amide bonds. The second-order valence-electron chi connectivity index (χ2n) is 4.16. The van der Waals surface area contributed by atoms with E-state index >= 15 is 0 Å². The van der Waals surface area contributed by atoms with Crippen molar-refractivity contribution in [3.8, 4) is 11.6 Å². The molecule has 0 aliphatic carbocycles. The van der Waals surface area contributed by atoms with Crippen LogP contribution in [-0.2, 0) is 18.2 Å². The topological polar surface area (TPSA) is 78.9 Å². The number of aromatic nitrogens is 5. The predicted molar refractivity (Wildman–Crippen MR) is 78.3 cm³/mol. The molecule has 9 heteroatoms. The molecule has 21 heavy (non-hydrogen) atoms. The Labute approximate surface area is 129 Å². The summed E-state index contributed by atoms with van der Waals surface area (Å²) >= 11 is 2.79. The third-order valence-electron chi connectivity index (χ3n) is 2.73. The first-order chi connectivity index (χ1) is 10.3. The monoisotopic (exact) mass is 323 g/mol. The van der Waals surface area contributed by atoms with Crippen LogP contribution in [0.2, 0.25) is 0 Å². The maximum atomic E-state index is 5.34. The molecule has 7 nitrogen and oxygen atoms in total. The van der Waals surface area contributed by atoms with Gasteiger partial charge in [0.25, 0.3) is 0 Å². The number of furan rings is 1. The van der Waals surface area contributed by atoms with Gasteiger partial charge < -0.3 is 13.7 Å². The molecule has 110 valence electrons. The number of methoxy groups -OCH3 is 1. The Bertz CT molecular complexity index is 707. The van der Waals surface area contributed by atoms with Gasteiger partial charge in [-0.15, -0.1) is 10.2 Å². The van der Waals surface area contributed by atoms with Gasteiger partial charge in [-0.25, -0.2) is 4.98 Å². The summed E-state index contributed by atoms with van der Waals surface area (Å²) in [5.41, 5.74) is 0. The van der Waals surface area contributed by atoms with Gasteiger partial charge >= 0.3 is 0 Å². The van der Waals surface area contributed by atoms with Crippen LogP contribution in [0.15, 0.2) is 32.3 Å². The number of nitrogens with zero attached hydrogens (tertiary/aromatic N) is 5. The second-order valence-corrected chi connectivity index (χ2v) is 6.13. The van der Waals surface area contributed by atoms with Crippen molar-refractivity contribution in [3.63, 3.8) is 0 Å². The number of hydrogen-bond donors (Lipinski definition) is 0.